The van der Waals surface area contributed by atoms with Gasteiger partial charge in [0.25, 0.3) is 28.0 Å². The standard InChI is InChI=1S/C23H18ClN5O6S2/c24-20-8-7-19(36-20)22(31)29(13-37(32,33)34)18-11-14(12-25)1-6-17(18)21(30)27-15-2-4-16(5-3-15)28-9-10-35-23(28)26/h1-8,11,26H,9-10,13H2,(H,27,30)(H,32,33,34). The van der Waals surface area contributed by atoms with Crippen LogP contribution >= 0.6 is 22.9 Å². The Morgan fingerprint density at radius 3 is 2.51 bits per heavy atom. The predicted molar refractivity (Wildman–Crippen MR) is 139 cm³/mol. The zero-order valence-corrected chi connectivity index (χ0v) is 21.2. The van der Waals surface area contributed by atoms with Gasteiger partial charge in [-0.3, -0.25) is 29.4 Å². The Labute approximate surface area is 220 Å². The summed E-state index contributed by atoms with van der Waals surface area (Å²) in [5, 5.41) is 19.8. The van der Waals surface area contributed by atoms with Crippen molar-refractivity contribution in [1.82, 2.24) is 0 Å². The number of halogens is 1. The van der Waals surface area contributed by atoms with Gasteiger partial charge in [-0.2, -0.15) is 13.7 Å². The molecule has 2 aromatic carbocycles. The van der Waals surface area contributed by atoms with Crippen LogP contribution in [0.2, 0.25) is 4.34 Å². The van der Waals surface area contributed by atoms with Gasteiger partial charge < -0.3 is 10.1 Å². The maximum absolute atomic E-state index is 13.2. The van der Waals surface area contributed by atoms with Crippen LogP contribution in [0.4, 0.5) is 17.1 Å². The predicted octanol–water partition coefficient (Wildman–Crippen LogP) is 3.79. The van der Waals surface area contributed by atoms with E-state index in [0.717, 1.165) is 11.3 Å². The largest absolute Gasteiger partial charge is 0.463 e. The third-order valence-electron chi connectivity index (χ3n) is 5.22. The lowest BCUT2D eigenvalue weighted by Crippen LogP contribution is -2.36. The number of amides is 2. The lowest BCUT2D eigenvalue weighted by Gasteiger charge is -2.23. The van der Waals surface area contributed by atoms with Crippen molar-refractivity contribution in [2.75, 3.05) is 34.1 Å². The van der Waals surface area contributed by atoms with Crippen molar-refractivity contribution in [3.8, 4) is 6.07 Å². The van der Waals surface area contributed by atoms with E-state index in [2.05, 4.69) is 5.32 Å². The minimum absolute atomic E-state index is 0.0228. The Hall–Kier alpha value is -3.96. The first kappa shape index (κ1) is 26.1. The van der Waals surface area contributed by atoms with Gasteiger partial charge in [0.05, 0.1) is 38.6 Å². The molecule has 190 valence electrons. The molecular weight excluding hydrogens is 542 g/mol. The van der Waals surface area contributed by atoms with E-state index >= 15 is 0 Å². The fourth-order valence-electron chi connectivity index (χ4n) is 3.56. The minimum Gasteiger partial charge on any atom is -0.463 e. The van der Waals surface area contributed by atoms with E-state index in [0.29, 0.717) is 29.4 Å². The number of carbonyl (C=O) groups excluding carboxylic acids is 2. The van der Waals surface area contributed by atoms with Crippen molar-refractivity contribution >= 4 is 68.0 Å². The van der Waals surface area contributed by atoms with E-state index in [9.17, 15) is 27.8 Å². The number of hydrogen-bond acceptors (Lipinski definition) is 8. The van der Waals surface area contributed by atoms with Crippen LogP contribution in [0.15, 0.2) is 54.6 Å². The molecule has 3 aromatic rings. The van der Waals surface area contributed by atoms with Gasteiger partial charge in [0.1, 0.15) is 6.61 Å². The van der Waals surface area contributed by atoms with Gasteiger partial charge in [0.2, 0.25) is 0 Å². The smallest absolute Gasteiger partial charge is 0.289 e. The van der Waals surface area contributed by atoms with Crippen LogP contribution in [0.25, 0.3) is 0 Å². The second kappa shape index (κ2) is 10.6. The quantitative estimate of drug-likeness (QED) is 0.368. The van der Waals surface area contributed by atoms with Crippen LogP contribution in [0, 0.1) is 16.7 Å². The maximum atomic E-state index is 13.2. The van der Waals surface area contributed by atoms with Crippen LogP contribution in [-0.2, 0) is 14.9 Å². The summed E-state index contributed by atoms with van der Waals surface area (Å²) in [7, 11) is -4.73. The Morgan fingerprint density at radius 2 is 1.95 bits per heavy atom. The molecular formula is C23H18ClN5O6S2. The van der Waals surface area contributed by atoms with E-state index < -0.39 is 27.8 Å². The first-order chi connectivity index (χ1) is 17.6. The number of nitrogens with one attached hydrogen (secondary N) is 2. The maximum Gasteiger partial charge on any atom is 0.289 e. The minimum atomic E-state index is -4.73. The van der Waals surface area contributed by atoms with E-state index in [-0.39, 0.29) is 32.0 Å². The molecule has 0 atom stereocenters. The number of rotatable bonds is 7. The van der Waals surface area contributed by atoms with Gasteiger partial charge in [-0.1, -0.05) is 11.6 Å². The van der Waals surface area contributed by atoms with Gasteiger partial charge in [0.15, 0.2) is 5.88 Å². The molecule has 1 aliphatic rings. The van der Waals surface area contributed by atoms with Gasteiger partial charge in [-0.05, 0) is 54.6 Å². The Morgan fingerprint density at radius 1 is 1.22 bits per heavy atom. The number of ether oxygens (including phenoxy) is 1. The summed E-state index contributed by atoms with van der Waals surface area (Å²) in [4.78, 5) is 28.9. The highest BCUT2D eigenvalue weighted by molar-refractivity contribution is 7.85. The van der Waals surface area contributed by atoms with Crippen molar-refractivity contribution in [2.24, 2.45) is 0 Å². The topological polar surface area (TPSA) is 164 Å². The van der Waals surface area contributed by atoms with Crippen molar-refractivity contribution in [3.05, 3.63) is 74.9 Å². The fourth-order valence-corrected chi connectivity index (χ4v) is 5.14. The molecule has 1 fully saturated rings. The zero-order valence-electron chi connectivity index (χ0n) is 18.8. The molecule has 0 saturated carbocycles. The molecule has 0 radical (unpaired) electrons. The van der Waals surface area contributed by atoms with E-state index in [1.54, 1.807) is 29.2 Å². The zero-order chi connectivity index (χ0) is 26.7. The molecule has 1 aromatic heterocycles. The lowest BCUT2D eigenvalue weighted by molar-refractivity contribution is 0.0994. The molecule has 0 unspecified atom stereocenters. The van der Waals surface area contributed by atoms with Crippen molar-refractivity contribution in [2.45, 2.75) is 0 Å². The lowest BCUT2D eigenvalue weighted by atomic mass is 10.1. The Kier molecular flexibility index (Phi) is 7.46. The molecule has 14 heteroatoms. The molecule has 1 aliphatic heterocycles. The summed E-state index contributed by atoms with van der Waals surface area (Å²) in [5.74, 6) is -2.69. The molecule has 1 saturated heterocycles. The highest BCUT2D eigenvalue weighted by Crippen LogP contribution is 2.29. The molecule has 11 nitrogen and oxygen atoms in total. The molecule has 37 heavy (non-hydrogen) atoms. The molecule has 3 N–H and O–H groups in total. The summed E-state index contributed by atoms with van der Waals surface area (Å²) >= 11 is 6.81. The fraction of sp³-hybridized carbons (Fsp3) is 0.130. The summed E-state index contributed by atoms with van der Waals surface area (Å²) < 4.78 is 38.5. The van der Waals surface area contributed by atoms with Gasteiger partial charge in [-0.15, -0.1) is 11.3 Å². The molecule has 2 amide bonds. The molecule has 0 aliphatic carbocycles. The van der Waals surface area contributed by atoms with Crippen molar-refractivity contribution in [1.29, 1.82) is 10.7 Å². The Bertz CT molecular complexity index is 1530. The van der Waals surface area contributed by atoms with Crippen molar-refractivity contribution < 1.29 is 27.3 Å². The van der Waals surface area contributed by atoms with Gasteiger partial charge >= 0.3 is 0 Å². The first-order valence-corrected chi connectivity index (χ1v) is 13.3. The number of benzene rings is 2. The number of hydrogen-bond donors (Lipinski definition) is 3. The van der Waals surface area contributed by atoms with Crippen LogP contribution in [0.5, 0.6) is 0 Å². The second-order valence-corrected chi connectivity index (χ2v) is 10.8. The summed E-state index contributed by atoms with van der Waals surface area (Å²) in [6.07, 6.45) is 0. The normalized spacial score (nSPS) is 13.1. The number of carbonyl (C=O) groups is 2. The van der Waals surface area contributed by atoms with E-state index in [1.165, 1.54) is 30.3 Å². The first-order valence-electron chi connectivity index (χ1n) is 10.5. The van der Waals surface area contributed by atoms with Crippen LogP contribution in [0.1, 0.15) is 25.6 Å². The summed E-state index contributed by atoms with van der Waals surface area (Å²) in [6.45, 7) is 0.918. The number of thiophene rings is 1. The number of nitriles is 1. The molecule has 4 rings (SSSR count). The highest BCUT2D eigenvalue weighted by atomic mass is 35.5. The Balaban J connectivity index is 1.68. The third-order valence-corrected chi connectivity index (χ3v) is 7.02. The summed E-state index contributed by atoms with van der Waals surface area (Å²) in [6, 6.07) is 15.2. The van der Waals surface area contributed by atoms with Crippen molar-refractivity contribution in [3.63, 3.8) is 0 Å². The number of amidine groups is 1. The average molecular weight is 560 g/mol. The van der Waals surface area contributed by atoms with Gasteiger partial charge in [-0.25, -0.2) is 0 Å². The molecule has 0 spiro atoms. The van der Waals surface area contributed by atoms with E-state index in [4.69, 9.17) is 21.7 Å². The summed E-state index contributed by atoms with van der Waals surface area (Å²) in [5.41, 5.74) is 0.830. The highest BCUT2D eigenvalue weighted by Gasteiger charge is 2.28. The molecule has 2 heterocycles. The van der Waals surface area contributed by atoms with Crippen LogP contribution < -0.4 is 15.1 Å². The molecule has 0 bridgehead atoms. The third kappa shape index (κ3) is 6.07. The number of anilines is 3. The van der Waals surface area contributed by atoms with E-state index in [1.807, 2.05) is 6.07 Å². The van der Waals surface area contributed by atoms with Gasteiger partial charge in [0, 0.05) is 11.4 Å². The second-order valence-electron chi connectivity index (χ2n) is 7.70. The van der Waals surface area contributed by atoms with Crippen LogP contribution in [0.3, 0.4) is 0 Å². The van der Waals surface area contributed by atoms with Crippen LogP contribution in [-0.4, -0.2) is 49.8 Å². The number of nitrogens with zero attached hydrogens (tertiary/aromatic N) is 3. The monoisotopic (exact) mass is 559 g/mol. The SMILES string of the molecule is N#Cc1ccc(C(=O)Nc2ccc(N3CCOC3=N)cc2)c(N(CS(=O)(=O)O)C(=O)c2ccc(Cl)s2)c1. The average Bonchev–Trinajstić information content (AvgIpc) is 3.49.